The molecule has 0 atom stereocenters. The Morgan fingerprint density at radius 2 is 2.15 bits per heavy atom. The van der Waals surface area contributed by atoms with Gasteiger partial charge in [-0.05, 0) is 18.1 Å². The van der Waals surface area contributed by atoms with Crippen molar-refractivity contribution in [3.8, 4) is 5.75 Å². The lowest BCUT2D eigenvalue weighted by molar-refractivity contribution is 0.289. The molecule has 0 aliphatic rings. The van der Waals surface area contributed by atoms with Crippen LogP contribution in [0.15, 0.2) is 24.3 Å². The second kappa shape index (κ2) is 6.28. The number of nitrogens with two attached hydrogens (primary N) is 1. The van der Waals surface area contributed by atoms with Gasteiger partial charge in [0.05, 0.1) is 10.6 Å². The minimum Gasteiger partial charge on any atom is -0.483 e. The molecule has 2 rings (SSSR count). The van der Waals surface area contributed by atoms with E-state index in [-0.39, 0.29) is 24.1 Å². The van der Waals surface area contributed by atoms with Gasteiger partial charge in [0.15, 0.2) is 11.6 Å². The Hall–Kier alpha value is -1.53. The summed E-state index contributed by atoms with van der Waals surface area (Å²) in [5, 5.41) is 0.736. The lowest BCUT2D eigenvalue weighted by Gasteiger charge is -2.04. The van der Waals surface area contributed by atoms with Crippen molar-refractivity contribution in [2.45, 2.75) is 26.4 Å². The molecule has 0 bridgehead atoms. The first kappa shape index (κ1) is 14.9. The number of thiazole rings is 1. The predicted molar refractivity (Wildman–Crippen MR) is 82.8 cm³/mol. The maximum absolute atomic E-state index is 13.5. The smallest absolute Gasteiger partial charge is 0.165 e. The highest BCUT2D eigenvalue weighted by Crippen LogP contribution is 2.26. The van der Waals surface area contributed by atoms with Crippen LogP contribution < -0.4 is 10.5 Å². The average molecular weight is 310 g/mol. The van der Waals surface area contributed by atoms with E-state index in [1.54, 1.807) is 18.2 Å². The Labute approximate surface area is 126 Å². The number of ether oxygens (including phenoxy) is 1. The molecular formula is C14H15FN2OS2. The zero-order valence-corrected chi connectivity index (χ0v) is 12.9. The maximum Gasteiger partial charge on any atom is 0.165 e. The number of halogens is 1. The van der Waals surface area contributed by atoms with Crippen LogP contribution in [0.5, 0.6) is 5.75 Å². The maximum atomic E-state index is 13.5. The molecule has 0 amide bonds. The van der Waals surface area contributed by atoms with Gasteiger partial charge in [-0.2, -0.15) is 0 Å². The van der Waals surface area contributed by atoms with Crippen molar-refractivity contribution in [1.29, 1.82) is 0 Å². The van der Waals surface area contributed by atoms with E-state index in [0.717, 1.165) is 15.6 Å². The fourth-order valence-corrected chi connectivity index (χ4v) is 2.92. The summed E-state index contributed by atoms with van der Waals surface area (Å²) in [5.41, 5.74) is 6.57. The van der Waals surface area contributed by atoms with Crippen molar-refractivity contribution in [3.05, 3.63) is 45.7 Å². The van der Waals surface area contributed by atoms with E-state index in [9.17, 15) is 4.39 Å². The molecule has 1 heterocycles. The fourth-order valence-electron chi connectivity index (χ4n) is 1.71. The summed E-state index contributed by atoms with van der Waals surface area (Å²) < 4.78 is 18.9. The average Bonchev–Trinajstić information content (AvgIpc) is 2.82. The summed E-state index contributed by atoms with van der Waals surface area (Å²) in [4.78, 5) is 5.62. The Bertz CT molecular complexity index is 625. The van der Waals surface area contributed by atoms with Gasteiger partial charge in [-0.25, -0.2) is 9.37 Å². The van der Waals surface area contributed by atoms with Crippen LogP contribution in [0.4, 0.5) is 4.39 Å². The molecule has 0 unspecified atom stereocenters. The molecule has 106 valence electrons. The van der Waals surface area contributed by atoms with Gasteiger partial charge < -0.3 is 10.5 Å². The van der Waals surface area contributed by atoms with Crippen molar-refractivity contribution in [2.24, 2.45) is 5.73 Å². The lowest BCUT2D eigenvalue weighted by Crippen LogP contribution is -2.10. The minimum atomic E-state index is -0.386. The molecule has 20 heavy (non-hydrogen) atoms. The zero-order valence-electron chi connectivity index (χ0n) is 11.2. The van der Waals surface area contributed by atoms with Gasteiger partial charge in [-0.15, -0.1) is 11.3 Å². The molecule has 1 aromatic carbocycles. The summed E-state index contributed by atoms with van der Waals surface area (Å²) in [7, 11) is 0. The Morgan fingerprint density at radius 1 is 1.45 bits per heavy atom. The van der Waals surface area contributed by atoms with Crippen LogP contribution in [0.2, 0.25) is 0 Å². The summed E-state index contributed by atoms with van der Waals surface area (Å²) in [6, 6.07) is 6.28. The van der Waals surface area contributed by atoms with E-state index in [4.69, 9.17) is 22.7 Å². The van der Waals surface area contributed by atoms with Crippen molar-refractivity contribution < 1.29 is 9.13 Å². The third kappa shape index (κ3) is 3.32. The third-order valence-electron chi connectivity index (χ3n) is 2.66. The zero-order chi connectivity index (χ0) is 14.7. The van der Waals surface area contributed by atoms with Crippen LogP contribution in [0.3, 0.4) is 0 Å². The number of nitrogens with zero attached hydrogens (tertiary/aromatic N) is 1. The second-order valence-corrected chi connectivity index (χ2v) is 6.08. The molecule has 0 aliphatic heterocycles. The van der Waals surface area contributed by atoms with Crippen molar-refractivity contribution in [2.75, 3.05) is 0 Å². The van der Waals surface area contributed by atoms with Gasteiger partial charge in [-0.3, -0.25) is 0 Å². The number of benzene rings is 1. The number of hydrogen-bond acceptors (Lipinski definition) is 4. The molecule has 0 fully saturated rings. The first-order chi connectivity index (χ1) is 9.49. The molecule has 0 saturated heterocycles. The minimum absolute atomic E-state index is 0.202. The summed E-state index contributed by atoms with van der Waals surface area (Å²) in [6.45, 7) is 4.25. The van der Waals surface area contributed by atoms with Crippen LogP contribution in [0.1, 0.15) is 35.3 Å². The van der Waals surface area contributed by atoms with Crippen LogP contribution in [0, 0.1) is 5.82 Å². The van der Waals surface area contributed by atoms with E-state index in [1.807, 2.05) is 13.8 Å². The highest BCUT2D eigenvalue weighted by Gasteiger charge is 2.16. The molecule has 0 radical (unpaired) electrons. The first-order valence-corrected chi connectivity index (χ1v) is 7.38. The number of para-hydroxylation sites is 1. The highest BCUT2D eigenvalue weighted by atomic mass is 32.1. The Balaban J connectivity index is 2.16. The largest absolute Gasteiger partial charge is 0.483 e. The topological polar surface area (TPSA) is 48.1 Å². The normalized spacial score (nSPS) is 10.8. The van der Waals surface area contributed by atoms with E-state index < -0.39 is 0 Å². The van der Waals surface area contributed by atoms with E-state index in [2.05, 4.69) is 4.98 Å². The third-order valence-corrected chi connectivity index (χ3v) is 4.07. The monoisotopic (exact) mass is 310 g/mol. The number of hydrogen-bond donors (Lipinski definition) is 1. The predicted octanol–water partition coefficient (Wildman–Crippen LogP) is 3.62. The molecule has 3 nitrogen and oxygen atoms in total. The molecule has 2 N–H and O–H groups in total. The second-order valence-electron chi connectivity index (χ2n) is 4.56. The quantitative estimate of drug-likeness (QED) is 0.857. The van der Waals surface area contributed by atoms with E-state index in [1.165, 1.54) is 17.4 Å². The van der Waals surface area contributed by atoms with Crippen LogP contribution in [0.25, 0.3) is 0 Å². The number of rotatable bonds is 5. The number of aromatic nitrogens is 1. The Kier molecular flexibility index (Phi) is 4.67. The van der Waals surface area contributed by atoms with Crippen LogP contribution >= 0.6 is 23.6 Å². The van der Waals surface area contributed by atoms with Gasteiger partial charge in [0.1, 0.15) is 16.6 Å². The summed E-state index contributed by atoms with van der Waals surface area (Å²) in [5.74, 6) is 0.0540. The lowest BCUT2D eigenvalue weighted by atomic mass is 10.1. The molecule has 0 aliphatic carbocycles. The SMILES string of the molecule is CC(C)c1nc(COc2ccccc2F)sc1C(N)=S. The Morgan fingerprint density at radius 3 is 2.70 bits per heavy atom. The van der Waals surface area contributed by atoms with Crippen LogP contribution in [-0.2, 0) is 6.61 Å². The molecule has 1 aromatic heterocycles. The first-order valence-electron chi connectivity index (χ1n) is 6.15. The van der Waals surface area contributed by atoms with Crippen LogP contribution in [-0.4, -0.2) is 9.97 Å². The van der Waals surface area contributed by atoms with Gasteiger partial charge >= 0.3 is 0 Å². The summed E-state index contributed by atoms with van der Waals surface area (Å²) in [6.07, 6.45) is 0. The van der Waals surface area contributed by atoms with Crippen molar-refractivity contribution in [1.82, 2.24) is 4.98 Å². The molecule has 0 spiro atoms. The van der Waals surface area contributed by atoms with E-state index in [0.29, 0.717) is 4.99 Å². The number of thiocarbonyl (C=S) groups is 1. The summed E-state index contributed by atoms with van der Waals surface area (Å²) >= 11 is 6.42. The standard InChI is InChI=1S/C14H15FN2OS2/c1-8(2)12-13(14(16)19)20-11(17-12)7-18-10-6-4-3-5-9(10)15/h3-6,8H,7H2,1-2H3,(H2,16,19). The molecule has 2 aromatic rings. The van der Waals surface area contributed by atoms with Gasteiger partial charge in [0.25, 0.3) is 0 Å². The van der Waals surface area contributed by atoms with E-state index >= 15 is 0 Å². The fraction of sp³-hybridized carbons (Fsp3) is 0.286. The molecular weight excluding hydrogens is 295 g/mol. The van der Waals surface area contributed by atoms with Crippen molar-refractivity contribution in [3.63, 3.8) is 0 Å². The van der Waals surface area contributed by atoms with Gasteiger partial charge in [-0.1, -0.05) is 38.2 Å². The molecule has 0 saturated carbocycles. The molecule has 6 heteroatoms. The highest BCUT2D eigenvalue weighted by molar-refractivity contribution is 7.81. The van der Waals surface area contributed by atoms with Crippen molar-refractivity contribution >= 4 is 28.5 Å². The van der Waals surface area contributed by atoms with Gasteiger partial charge in [0, 0.05) is 0 Å². The van der Waals surface area contributed by atoms with Gasteiger partial charge in [0.2, 0.25) is 0 Å².